The molecule has 2 heterocycles. The first-order valence-corrected chi connectivity index (χ1v) is 6.93. The Morgan fingerprint density at radius 3 is 2.44 bits per heavy atom. The molecule has 1 saturated carbocycles. The molecule has 1 aromatic rings. The summed E-state index contributed by atoms with van der Waals surface area (Å²) in [5.41, 5.74) is 3.14. The zero-order chi connectivity index (χ0) is 12.1. The Morgan fingerprint density at radius 1 is 0.944 bits per heavy atom. The van der Waals surface area contributed by atoms with Crippen LogP contribution in [0.4, 0.5) is 0 Å². The topological polar surface area (TPSA) is 30.5 Å². The Bertz CT molecular complexity index is 455. The molecule has 1 saturated heterocycles. The van der Waals surface area contributed by atoms with E-state index in [1.807, 2.05) is 0 Å². The number of ether oxygens (including phenoxy) is 2. The van der Waals surface area contributed by atoms with Crippen molar-refractivity contribution < 1.29 is 9.47 Å². The minimum Gasteiger partial charge on any atom is -0.348 e. The lowest BCUT2D eigenvalue weighted by molar-refractivity contribution is -0.186. The van der Waals surface area contributed by atoms with Crippen molar-refractivity contribution in [1.29, 1.82) is 0 Å². The van der Waals surface area contributed by atoms with Gasteiger partial charge in [0.15, 0.2) is 5.79 Å². The second-order valence-electron chi connectivity index (χ2n) is 5.70. The van der Waals surface area contributed by atoms with Crippen LogP contribution in [0, 0.1) is 0 Å². The van der Waals surface area contributed by atoms with Gasteiger partial charge in [0.1, 0.15) is 0 Å². The zero-order valence-corrected chi connectivity index (χ0v) is 10.6. The molecule has 2 fully saturated rings. The van der Waals surface area contributed by atoms with Gasteiger partial charge in [0.25, 0.3) is 0 Å². The maximum atomic E-state index is 5.82. The van der Waals surface area contributed by atoms with Crippen molar-refractivity contribution in [1.82, 2.24) is 5.32 Å². The third-order valence-corrected chi connectivity index (χ3v) is 4.83. The van der Waals surface area contributed by atoms with Crippen LogP contribution in [0.1, 0.15) is 36.8 Å². The van der Waals surface area contributed by atoms with E-state index in [0.717, 1.165) is 45.4 Å². The predicted octanol–water partition coefficient (Wildman–Crippen LogP) is 2.30. The standard InChI is InChI=1S/C15H19NO2/c1-2-4-13-12(3-1)11-16-14(13)5-7-15(8-6-14)17-9-10-18-15/h1-4,16H,5-11H2. The monoisotopic (exact) mass is 245 g/mol. The minimum absolute atomic E-state index is 0.178. The van der Waals surface area contributed by atoms with E-state index < -0.39 is 0 Å². The lowest BCUT2D eigenvalue weighted by atomic mass is 9.75. The fraction of sp³-hybridized carbons (Fsp3) is 0.600. The Balaban J connectivity index is 1.61. The average molecular weight is 245 g/mol. The van der Waals surface area contributed by atoms with Crippen LogP contribution in [-0.4, -0.2) is 19.0 Å². The maximum Gasteiger partial charge on any atom is 0.168 e. The lowest BCUT2D eigenvalue weighted by Crippen LogP contribution is -2.46. The zero-order valence-electron chi connectivity index (χ0n) is 10.6. The number of hydrogen-bond donors (Lipinski definition) is 1. The van der Waals surface area contributed by atoms with Gasteiger partial charge in [0.2, 0.25) is 0 Å². The summed E-state index contributed by atoms with van der Waals surface area (Å²) in [4.78, 5) is 0. The molecule has 0 bridgehead atoms. The molecular formula is C15H19NO2. The molecule has 0 radical (unpaired) electrons. The molecule has 0 amide bonds. The summed E-state index contributed by atoms with van der Waals surface area (Å²) in [5, 5.41) is 3.73. The molecule has 3 heteroatoms. The molecule has 0 unspecified atom stereocenters. The molecule has 4 rings (SSSR count). The van der Waals surface area contributed by atoms with Crippen LogP contribution in [0.2, 0.25) is 0 Å². The first kappa shape index (κ1) is 11.0. The van der Waals surface area contributed by atoms with Crippen molar-refractivity contribution in [2.24, 2.45) is 0 Å². The highest BCUT2D eigenvalue weighted by atomic mass is 16.7. The van der Waals surface area contributed by atoms with Crippen molar-refractivity contribution in [3.63, 3.8) is 0 Å². The van der Waals surface area contributed by atoms with E-state index in [2.05, 4.69) is 29.6 Å². The highest BCUT2D eigenvalue weighted by molar-refractivity contribution is 5.38. The van der Waals surface area contributed by atoms with Gasteiger partial charge in [-0.05, 0) is 24.0 Å². The van der Waals surface area contributed by atoms with Gasteiger partial charge in [-0.1, -0.05) is 24.3 Å². The van der Waals surface area contributed by atoms with Gasteiger partial charge in [-0.25, -0.2) is 0 Å². The number of rotatable bonds is 0. The predicted molar refractivity (Wildman–Crippen MR) is 68.1 cm³/mol. The number of hydrogen-bond acceptors (Lipinski definition) is 3. The van der Waals surface area contributed by atoms with E-state index >= 15 is 0 Å². The SMILES string of the molecule is c1ccc2c(c1)CNC21CCC2(CC1)OCCO2. The van der Waals surface area contributed by atoms with E-state index in [-0.39, 0.29) is 11.3 Å². The molecule has 0 aromatic heterocycles. The minimum atomic E-state index is -0.259. The summed E-state index contributed by atoms with van der Waals surface area (Å²) in [6, 6.07) is 8.81. The van der Waals surface area contributed by atoms with Gasteiger partial charge in [0.05, 0.1) is 13.2 Å². The summed E-state index contributed by atoms with van der Waals surface area (Å²) in [7, 11) is 0. The molecule has 1 N–H and O–H groups in total. The van der Waals surface area contributed by atoms with Gasteiger partial charge in [-0.2, -0.15) is 0 Å². The van der Waals surface area contributed by atoms with Gasteiger partial charge < -0.3 is 14.8 Å². The lowest BCUT2D eigenvalue weighted by Gasteiger charge is -2.42. The molecule has 18 heavy (non-hydrogen) atoms. The summed E-state index contributed by atoms with van der Waals surface area (Å²) in [5.74, 6) is -0.259. The first-order chi connectivity index (χ1) is 8.82. The molecule has 1 aromatic carbocycles. The molecule has 1 aliphatic carbocycles. The second-order valence-corrected chi connectivity index (χ2v) is 5.70. The van der Waals surface area contributed by atoms with Gasteiger partial charge in [-0.3, -0.25) is 0 Å². The smallest absolute Gasteiger partial charge is 0.168 e. The number of nitrogens with one attached hydrogen (secondary N) is 1. The van der Waals surface area contributed by atoms with Crippen molar-refractivity contribution >= 4 is 0 Å². The van der Waals surface area contributed by atoms with Crippen LogP contribution < -0.4 is 5.32 Å². The fourth-order valence-corrected chi connectivity index (χ4v) is 3.79. The van der Waals surface area contributed by atoms with E-state index in [0.29, 0.717) is 0 Å². The van der Waals surface area contributed by atoms with Crippen LogP contribution in [0.5, 0.6) is 0 Å². The molecule has 2 spiro atoms. The van der Waals surface area contributed by atoms with E-state index in [9.17, 15) is 0 Å². The molecule has 3 aliphatic rings. The summed E-state index contributed by atoms with van der Waals surface area (Å²) < 4.78 is 11.6. The van der Waals surface area contributed by atoms with Gasteiger partial charge in [0, 0.05) is 24.9 Å². The van der Waals surface area contributed by atoms with Gasteiger partial charge in [-0.15, -0.1) is 0 Å². The second kappa shape index (κ2) is 3.80. The maximum absolute atomic E-state index is 5.82. The molecular weight excluding hydrogens is 226 g/mol. The Labute approximate surface area is 107 Å². The number of fused-ring (bicyclic) bond motifs is 2. The van der Waals surface area contributed by atoms with Crippen LogP contribution in [-0.2, 0) is 21.6 Å². The van der Waals surface area contributed by atoms with Crippen molar-refractivity contribution in [3.05, 3.63) is 35.4 Å². The van der Waals surface area contributed by atoms with Crippen LogP contribution in [0.15, 0.2) is 24.3 Å². The average Bonchev–Trinajstić information content (AvgIpc) is 3.01. The van der Waals surface area contributed by atoms with Crippen molar-refractivity contribution in [2.75, 3.05) is 13.2 Å². The highest BCUT2D eigenvalue weighted by Gasteiger charge is 2.48. The van der Waals surface area contributed by atoms with E-state index in [1.54, 1.807) is 0 Å². The first-order valence-electron chi connectivity index (χ1n) is 6.93. The van der Waals surface area contributed by atoms with E-state index in [4.69, 9.17) is 9.47 Å². The molecule has 0 atom stereocenters. The Kier molecular flexibility index (Phi) is 2.31. The summed E-state index contributed by atoms with van der Waals surface area (Å²) in [6.07, 6.45) is 4.25. The van der Waals surface area contributed by atoms with E-state index in [1.165, 1.54) is 11.1 Å². The highest BCUT2D eigenvalue weighted by Crippen LogP contribution is 2.47. The largest absolute Gasteiger partial charge is 0.348 e. The van der Waals surface area contributed by atoms with Crippen molar-refractivity contribution in [3.8, 4) is 0 Å². The molecule has 3 nitrogen and oxygen atoms in total. The normalized spacial score (nSPS) is 27.8. The third-order valence-electron chi connectivity index (χ3n) is 4.83. The quantitative estimate of drug-likeness (QED) is 0.761. The molecule has 96 valence electrons. The summed E-state index contributed by atoms with van der Waals surface area (Å²) >= 11 is 0. The third kappa shape index (κ3) is 1.48. The Morgan fingerprint density at radius 2 is 1.67 bits per heavy atom. The van der Waals surface area contributed by atoms with Gasteiger partial charge >= 0.3 is 0 Å². The molecule has 2 aliphatic heterocycles. The summed E-state index contributed by atoms with van der Waals surface area (Å²) in [6.45, 7) is 2.53. The van der Waals surface area contributed by atoms with Crippen LogP contribution in [0.25, 0.3) is 0 Å². The Hall–Kier alpha value is -0.900. The van der Waals surface area contributed by atoms with Crippen LogP contribution in [0.3, 0.4) is 0 Å². The fourth-order valence-electron chi connectivity index (χ4n) is 3.79. The van der Waals surface area contributed by atoms with Crippen LogP contribution >= 0.6 is 0 Å². The van der Waals surface area contributed by atoms with Crippen molar-refractivity contribution in [2.45, 2.75) is 43.6 Å². The number of benzene rings is 1.